The molecule has 1 aliphatic rings. The van der Waals surface area contributed by atoms with Gasteiger partial charge in [-0.05, 0) is 55.3 Å². The summed E-state index contributed by atoms with van der Waals surface area (Å²) in [6, 6.07) is 13.0. The van der Waals surface area contributed by atoms with Crippen LogP contribution >= 0.6 is 0 Å². The van der Waals surface area contributed by atoms with E-state index in [4.69, 9.17) is 0 Å². The highest BCUT2D eigenvalue weighted by Gasteiger charge is 2.27. The molecule has 0 aliphatic carbocycles. The van der Waals surface area contributed by atoms with Crippen molar-refractivity contribution < 1.29 is 18.7 Å². The number of piperidine rings is 1. The molecule has 162 valence electrons. The molecule has 0 atom stereocenters. The van der Waals surface area contributed by atoms with Crippen molar-refractivity contribution in [2.75, 3.05) is 30.4 Å². The Hall–Kier alpha value is -3.99. The lowest BCUT2D eigenvalue weighted by molar-refractivity contribution is -0.120. The summed E-state index contributed by atoms with van der Waals surface area (Å²) in [6.07, 6.45) is 2.69. The van der Waals surface area contributed by atoms with Gasteiger partial charge in [-0.15, -0.1) is 0 Å². The van der Waals surface area contributed by atoms with Crippen LogP contribution in [0.3, 0.4) is 0 Å². The molecular formula is C24H21FN4O3. The molecule has 3 aromatic rings. The van der Waals surface area contributed by atoms with Gasteiger partial charge in [-0.25, -0.2) is 9.18 Å². The van der Waals surface area contributed by atoms with Crippen molar-refractivity contribution in [2.24, 2.45) is 5.92 Å². The molecule has 2 heterocycles. The van der Waals surface area contributed by atoms with E-state index in [-0.39, 0.29) is 17.6 Å². The quantitative estimate of drug-likeness (QED) is 0.629. The Morgan fingerprint density at radius 2 is 1.91 bits per heavy atom. The third-order valence-corrected chi connectivity index (χ3v) is 5.68. The van der Waals surface area contributed by atoms with Crippen LogP contribution in [0, 0.1) is 23.1 Å². The largest absolute Gasteiger partial charge is 0.465 e. The van der Waals surface area contributed by atoms with Gasteiger partial charge in [-0.1, -0.05) is 0 Å². The number of methoxy groups -OCH3 is 1. The third kappa shape index (κ3) is 4.23. The second kappa shape index (κ2) is 9.02. The first kappa shape index (κ1) is 21.2. The minimum Gasteiger partial charge on any atom is -0.465 e. The third-order valence-electron chi connectivity index (χ3n) is 5.68. The lowest BCUT2D eigenvalue weighted by Gasteiger charge is -2.34. The molecule has 0 bridgehead atoms. The number of carbonyl (C=O) groups excluding carboxylic acids is 2. The first-order valence-electron chi connectivity index (χ1n) is 10.2. The number of aromatic nitrogens is 1. The number of rotatable bonds is 4. The summed E-state index contributed by atoms with van der Waals surface area (Å²) >= 11 is 0. The molecule has 1 aliphatic heterocycles. The molecule has 0 spiro atoms. The molecule has 2 aromatic carbocycles. The maximum absolute atomic E-state index is 13.9. The van der Waals surface area contributed by atoms with Crippen molar-refractivity contribution in [3.63, 3.8) is 0 Å². The average molecular weight is 432 g/mol. The standard InChI is InChI=1S/C24H21FN4O3/c1-32-24(31)16-2-5-19(6-3-16)28-23(30)15-8-10-29(11-9-15)22-17(13-26)14-27-21-7-4-18(25)12-20(21)22/h2-7,12,14-15H,8-11H2,1H3,(H,28,30). The zero-order valence-corrected chi connectivity index (χ0v) is 17.5. The zero-order valence-electron chi connectivity index (χ0n) is 17.5. The Labute approximate surface area is 184 Å². The molecular weight excluding hydrogens is 411 g/mol. The first-order chi connectivity index (χ1) is 15.5. The SMILES string of the molecule is COC(=O)c1ccc(NC(=O)C2CCN(c3c(C#N)cnc4ccc(F)cc34)CC2)cc1. The van der Waals surface area contributed by atoms with Gasteiger partial charge in [0.25, 0.3) is 0 Å². The number of fused-ring (bicyclic) bond motifs is 1. The van der Waals surface area contributed by atoms with Crippen molar-refractivity contribution in [1.82, 2.24) is 4.98 Å². The van der Waals surface area contributed by atoms with Crippen LogP contribution in [0.4, 0.5) is 15.8 Å². The minimum atomic E-state index is -0.435. The van der Waals surface area contributed by atoms with Gasteiger partial charge in [0, 0.05) is 36.3 Å². The van der Waals surface area contributed by atoms with Crippen LogP contribution in [0.15, 0.2) is 48.7 Å². The summed E-state index contributed by atoms with van der Waals surface area (Å²) in [5, 5.41) is 13.0. The van der Waals surface area contributed by atoms with E-state index in [0.29, 0.717) is 59.3 Å². The van der Waals surface area contributed by atoms with E-state index < -0.39 is 5.97 Å². The van der Waals surface area contributed by atoms with Crippen molar-refractivity contribution >= 4 is 34.2 Å². The van der Waals surface area contributed by atoms with Gasteiger partial charge in [0.15, 0.2) is 0 Å². The van der Waals surface area contributed by atoms with E-state index in [1.54, 1.807) is 30.3 Å². The number of nitriles is 1. The van der Waals surface area contributed by atoms with E-state index in [2.05, 4.69) is 21.1 Å². The van der Waals surface area contributed by atoms with Gasteiger partial charge in [0.2, 0.25) is 5.91 Å². The second-order valence-electron chi connectivity index (χ2n) is 7.61. The summed E-state index contributed by atoms with van der Waals surface area (Å²) in [4.78, 5) is 30.5. The van der Waals surface area contributed by atoms with Crippen LogP contribution in [-0.2, 0) is 9.53 Å². The van der Waals surface area contributed by atoms with Gasteiger partial charge in [-0.3, -0.25) is 9.78 Å². The van der Waals surface area contributed by atoms with Gasteiger partial charge >= 0.3 is 5.97 Å². The predicted molar refractivity (Wildman–Crippen MR) is 118 cm³/mol. The molecule has 1 aromatic heterocycles. The van der Waals surface area contributed by atoms with Gasteiger partial charge in [-0.2, -0.15) is 5.26 Å². The van der Waals surface area contributed by atoms with Crippen LogP contribution in [0.25, 0.3) is 10.9 Å². The fraction of sp³-hybridized carbons (Fsp3) is 0.250. The number of ether oxygens (including phenoxy) is 1. The van der Waals surface area contributed by atoms with E-state index in [0.717, 1.165) is 0 Å². The lowest BCUT2D eigenvalue weighted by atomic mass is 9.94. The number of nitrogens with one attached hydrogen (secondary N) is 1. The molecule has 32 heavy (non-hydrogen) atoms. The maximum atomic E-state index is 13.9. The summed E-state index contributed by atoms with van der Waals surface area (Å²) < 4.78 is 18.5. The minimum absolute atomic E-state index is 0.0957. The number of benzene rings is 2. The van der Waals surface area contributed by atoms with Gasteiger partial charge in [0.1, 0.15) is 11.9 Å². The summed E-state index contributed by atoms with van der Waals surface area (Å²) in [6.45, 7) is 1.12. The first-order valence-corrected chi connectivity index (χ1v) is 10.2. The molecule has 1 amide bonds. The normalized spacial score (nSPS) is 14.1. The second-order valence-corrected chi connectivity index (χ2v) is 7.61. The van der Waals surface area contributed by atoms with Gasteiger partial charge in [0.05, 0.1) is 29.4 Å². The molecule has 1 N–H and O–H groups in total. The molecule has 8 heteroatoms. The summed E-state index contributed by atoms with van der Waals surface area (Å²) in [7, 11) is 1.31. The topological polar surface area (TPSA) is 95.3 Å². The fourth-order valence-electron chi connectivity index (χ4n) is 3.99. The zero-order chi connectivity index (χ0) is 22.7. The number of esters is 1. The number of nitrogens with zero attached hydrogens (tertiary/aromatic N) is 3. The average Bonchev–Trinajstić information content (AvgIpc) is 2.83. The van der Waals surface area contributed by atoms with Crippen LogP contribution in [0.1, 0.15) is 28.8 Å². The van der Waals surface area contributed by atoms with Crippen LogP contribution in [0.2, 0.25) is 0 Å². The molecule has 1 saturated heterocycles. The number of anilines is 2. The molecule has 0 radical (unpaired) electrons. The summed E-state index contributed by atoms with van der Waals surface area (Å²) in [5.74, 6) is -1.11. The molecule has 7 nitrogen and oxygen atoms in total. The Balaban J connectivity index is 1.45. The number of hydrogen-bond donors (Lipinski definition) is 1. The molecule has 0 saturated carbocycles. The number of hydrogen-bond acceptors (Lipinski definition) is 6. The molecule has 1 fully saturated rings. The van der Waals surface area contributed by atoms with Crippen molar-refractivity contribution in [3.05, 3.63) is 65.6 Å². The van der Waals surface area contributed by atoms with Gasteiger partial charge < -0.3 is 15.0 Å². The highest BCUT2D eigenvalue weighted by Crippen LogP contribution is 2.33. The van der Waals surface area contributed by atoms with E-state index in [1.165, 1.54) is 25.4 Å². The van der Waals surface area contributed by atoms with Crippen molar-refractivity contribution in [3.8, 4) is 6.07 Å². The van der Waals surface area contributed by atoms with Crippen LogP contribution < -0.4 is 10.2 Å². The highest BCUT2D eigenvalue weighted by atomic mass is 19.1. The van der Waals surface area contributed by atoms with E-state index >= 15 is 0 Å². The number of halogens is 1. The monoisotopic (exact) mass is 432 g/mol. The van der Waals surface area contributed by atoms with Crippen LogP contribution in [0.5, 0.6) is 0 Å². The molecule has 4 rings (SSSR count). The van der Waals surface area contributed by atoms with E-state index in [9.17, 15) is 19.2 Å². The van der Waals surface area contributed by atoms with E-state index in [1.807, 2.05) is 4.90 Å². The van der Waals surface area contributed by atoms with Crippen molar-refractivity contribution in [2.45, 2.75) is 12.8 Å². The predicted octanol–water partition coefficient (Wildman–Crippen LogP) is 3.89. The Morgan fingerprint density at radius 1 is 1.19 bits per heavy atom. The lowest BCUT2D eigenvalue weighted by Crippen LogP contribution is -2.38. The smallest absolute Gasteiger partial charge is 0.337 e. The number of carbonyl (C=O) groups is 2. The maximum Gasteiger partial charge on any atom is 0.337 e. The Morgan fingerprint density at radius 3 is 2.56 bits per heavy atom. The Bertz CT molecular complexity index is 1210. The highest BCUT2D eigenvalue weighted by molar-refractivity contribution is 5.96. The number of pyridine rings is 1. The number of amides is 1. The van der Waals surface area contributed by atoms with Crippen molar-refractivity contribution in [1.29, 1.82) is 5.26 Å². The summed E-state index contributed by atoms with van der Waals surface area (Å²) in [5.41, 5.74) is 2.68. The Kier molecular flexibility index (Phi) is 5.99. The fourth-order valence-corrected chi connectivity index (χ4v) is 3.99. The molecule has 0 unspecified atom stereocenters. The van der Waals surface area contributed by atoms with Crippen LogP contribution in [-0.4, -0.2) is 37.1 Å².